The molecule has 0 unspecified atom stereocenters. The van der Waals surface area contributed by atoms with E-state index >= 15 is 0 Å². The maximum atomic E-state index is 11.2. The van der Waals surface area contributed by atoms with Crippen LogP contribution in [0, 0.1) is 6.92 Å². The normalized spacial score (nSPS) is 20.8. The van der Waals surface area contributed by atoms with Gasteiger partial charge in [0, 0.05) is 5.92 Å². The molecule has 0 atom stereocenters. The Morgan fingerprint density at radius 2 is 2.00 bits per heavy atom. The molecule has 1 aromatic rings. The molecule has 1 aliphatic heterocycles. The third-order valence-electron chi connectivity index (χ3n) is 2.86. The highest BCUT2D eigenvalue weighted by atomic mass is 32.2. The second-order valence-corrected chi connectivity index (χ2v) is 6.35. The van der Waals surface area contributed by atoms with Gasteiger partial charge >= 0.3 is 0 Å². The Bertz CT molecular complexity index is 489. The number of aldehydes is 1. The molecular weight excluding hydrogens is 230 g/mol. The van der Waals surface area contributed by atoms with Crippen molar-refractivity contribution in [3.63, 3.8) is 0 Å². The zero-order chi connectivity index (χ0) is 11.8. The summed E-state index contributed by atoms with van der Waals surface area (Å²) in [6, 6.07) is 0. The Morgan fingerprint density at radius 3 is 2.50 bits per heavy atom. The number of carbonyl (C=O) groups is 1. The van der Waals surface area contributed by atoms with Crippen LogP contribution in [0.5, 0.6) is 0 Å². The molecule has 0 amide bonds. The molecule has 2 rings (SSSR count). The summed E-state index contributed by atoms with van der Waals surface area (Å²) in [5.41, 5.74) is 0.568. The molecule has 0 N–H and O–H groups in total. The summed E-state index contributed by atoms with van der Waals surface area (Å²) in [4.78, 5) is 14.8. The molecule has 1 aromatic heterocycles. The minimum Gasteiger partial charge on any atom is -0.437 e. The number of hydrogen-bond donors (Lipinski definition) is 0. The number of sulfone groups is 1. The van der Waals surface area contributed by atoms with E-state index in [4.69, 9.17) is 4.42 Å². The largest absolute Gasteiger partial charge is 0.437 e. The van der Waals surface area contributed by atoms with Gasteiger partial charge in [-0.2, -0.15) is 0 Å². The fourth-order valence-electron chi connectivity index (χ4n) is 1.85. The van der Waals surface area contributed by atoms with Gasteiger partial charge in [-0.3, -0.25) is 4.79 Å². The van der Waals surface area contributed by atoms with Crippen molar-refractivity contribution < 1.29 is 17.6 Å². The van der Waals surface area contributed by atoms with Gasteiger partial charge in [0.1, 0.15) is 9.84 Å². The highest BCUT2D eigenvalue weighted by Crippen LogP contribution is 2.29. The van der Waals surface area contributed by atoms with Crippen molar-refractivity contribution in [2.75, 3.05) is 11.5 Å². The predicted molar refractivity (Wildman–Crippen MR) is 57.3 cm³/mol. The zero-order valence-corrected chi connectivity index (χ0v) is 9.79. The van der Waals surface area contributed by atoms with Crippen molar-refractivity contribution >= 4 is 16.1 Å². The van der Waals surface area contributed by atoms with Gasteiger partial charge in [0.05, 0.1) is 17.2 Å². The van der Waals surface area contributed by atoms with Crippen LogP contribution in [0.15, 0.2) is 4.42 Å². The van der Waals surface area contributed by atoms with E-state index in [2.05, 4.69) is 4.98 Å². The van der Waals surface area contributed by atoms with Gasteiger partial charge in [-0.15, -0.1) is 0 Å². The van der Waals surface area contributed by atoms with E-state index in [0.29, 0.717) is 30.7 Å². The summed E-state index contributed by atoms with van der Waals surface area (Å²) in [5, 5.41) is 0. The Balaban J connectivity index is 2.17. The summed E-state index contributed by atoms with van der Waals surface area (Å²) in [7, 11) is -2.87. The first kappa shape index (κ1) is 11.3. The van der Waals surface area contributed by atoms with E-state index in [-0.39, 0.29) is 23.2 Å². The SMILES string of the molecule is Cc1nc(C2CCS(=O)(=O)CC2)oc1C=O. The quantitative estimate of drug-likeness (QED) is 0.726. The van der Waals surface area contributed by atoms with Crippen molar-refractivity contribution in [3.8, 4) is 0 Å². The van der Waals surface area contributed by atoms with E-state index in [1.54, 1.807) is 6.92 Å². The van der Waals surface area contributed by atoms with Crippen molar-refractivity contribution in [1.29, 1.82) is 0 Å². The molecule has 0 aromatic carbocycles. The number of oxazole rings is 1. The maximum Gasteiger partial charge on any atom is 0.198 e. The standard InChI is InChI=1S/C10H13NO4S/c1-7-9(6-12)15-10(11-7)8-2-4-16(13,14)5-3-8/h6,8H,2-5H2,1H3. The second-order valence-electron chi connectivity index (χ2n) is 4.05. The van der Waals surface area contributed by atoms with Gasteiger partial charge in [-0.1, -0.05) is 0 Å². The summed E-state index contributed by atoms with van der Waals surface area (Å²) in [5.74, 6) is 1.11. The van der Waals surface area contributed by atoms with Gasteiger partial charge in [-0.05, 0) is 19.8 Å². The van der Waals surface area contributed by atoms with Crippen LogP contribution >= 0.6 is 0 Å². The minimum atomic E-state index is -2.87. The number of rotatable bonds is 2. The van der Waals surface area contributed by atoms with Crippen LogP contribution in [0.1, 0.15) is 40.9 Å². The lowest BCUT2D eigenvalue weighted by molar-refractivity contribution is 0.109. The third-order valence-corrected chi connectivity index (χ3v) is 4.58. The molecule has 5 nitrogen and oxygen atoms in total. The monoisotopic (exact) mass is 243 g/mol. The number of aryl methyl sites for hydroxylation is 1. The van der Waals surface area contributed by atoms with Crippen LogP contribution in [-0.4, -0.2) is 31.2 Å². The second kappa shape index (κ2) is 4.01. The molecule has 16 heavy (non-hydrogen) atoms. The average Bonchev–Trinajstić information content (AvgIpc) is 2.59. The molecular formula is C10H13NO4S. The lowest BCUT2D eigenvalue weighted by atomic mass is 10.0. The lowest BCUT2D eigenvalue weighted by Gasteiger charge is -2.18. The molecule has 2 heterocycles. The van der Waals surface area contributed by atoms with Crippen LogP contribution in [0.2, 0.25) is 0 Å². The average molecular weight is 243 g/mol. The van der Waals surface area contributed by atoms with E-state index in [9.17, 15) is 13.2 Å². The number of nitrogens with zero attached hydrogens (tertiary/aromatic N) is 1. The summed E-state index contributed by atoms with van der Waals surface area (Å²) in [6.07, 6.45) is 1.69. The highest BCUT2D eigenvalue weighted by molar-refractivity contribution is 7.91. The Hall–Kier alpha value is -1.17. The Kier molecular flexibility index (Phi) is 2.84. The summed E-state index contributed by atoms with van der Waals surface area (Å²) in [6.45, 7) is 1.70. The molecule has 0 spiro atoms. The molecule has 0 saturated carbocycles. The van der Waals surface area contributed by atoms with Crippen molar-refractivity contribution in [2.45, 2.75) is 25.7 Å². The molecule has 6 heteroatoms. The van der Waals surface area contributed by atoms with Crippen LogP contribution < -0.4 is 0 Å². The minimum absolute atomic E-state index is 0.0240. The van der Waals surface area contributed by atoms with Gasteiger partial charge in [0.15, 0.2) is 17.9 Å². The zero-order valence-electron chi connectivity index (χ0n) is 8.97. The number of carbonyl (C=O) groups excluding carboxylic acids is 1. The van der Waals surface area contributed by atoms with Crippen molar-refractivity contribution in [1.82, 2.24) is 4.98 Å². The van der Waals surface area contributed by atoms with Crippen molar-refractivity contribution in [3.05, 3.63) is 17.3 Å². The maximum absolute atomic E-state index is 11.2. The molecule has 0 bridgehead atoms. The smallest absolute Gasteiger partial charge is 0.198 e. The molecule has 0 aliphatic carbocycles. The van der Waals surface area contributed by atoms with E-state index < -0.39 is 9.84 Å². The Labute approximate surface area is 93.8 Å². The molecule has 88 valence electrons. The molecule has 1 aliphatic rings. The third kappa shape index (κ3) is 2.16. The van der Waals surface area contributed by atoms with E-state index in [1.807, 2.05) is 0 Å². The van der Waals surface area contributed by atoms with Crippen LogP contribution in [0.3, 0.4) is 0 Å². The van der Waals surface area contributed by atoms with Gasteiger partial charge in [0.2, 0.25) is 0 Å². The van der Waals surface area contributed by atoms with Crippen LogP contribution in [-0.2, 0) is 9.84 Å². The summed E-state index contributed by atoms with van der Waals surface area (Å²) < 4.78 is 27.8. The van der Waals surface area contributed by atoms with Gasteiger partial charge < -0.3 is 4.42 Å². The molecule has 0 radical (unpaired) electrons. The van der Waals surface area contributed by atoms with Gasteiger partial charge in [0.25, 0.3) is 0 Å². The van der Waals surface area contributed by atoms with Crippen LogP contribution in [0.4, 0.5) is 0 Å². The summed E-state index contributed by atoms with van der Waals surface area (Å²) >= 11 is 0. The molecule has 1 fully saturated rings. The predicted octanol–water partition coefficient (Wildman–Crippen LogP) is 1.09. The first-order chi connectivity index (χ1) is 7.52. The first-order valence-electron chi connectivity index (χ1n) is 5.15. The van der Waals surface area contributed by atoms with E-state index in [1.165, 1.54) is 0 Å². The fraction of sp³-hybridized carbons (Fsp3) is 0.600. The molecule has 1 saturated heterocycles. The fourth-order valence-corrected chi connectivity index (χ4v) is 3.34. The number of hydrogen-bond acceptors (Lipinski definition) is 5. The van der Waals surface area contributed by atoms with Crippen LogP contribution in [0.25, 0.3) is 0 Å². The van der Waals surface area contributed by atoms with Crippen molar-refractivity contribution in [2.24, 2.45) is 0 Å². The lowest BCUT2D eigenvalue weighted by Crippen LogP contribution is -2.22. The number of aromatic nitrogens is 1. The van der Waals surface area contributed by atoms with E-state index in [0.717, 1.165) is 0 Å². The van der Waals surface area contributed by atoms with Gasteiger partial charge in [-0.25, -0.2) is 13.4 Å². The first-order valence-corrected chi connectivity index (χ1v) is 6.97. The Morgan fingerprint density at radius 1 is 1.38 bits per heavy atom. The highest BCUT2D eigenvalue weighted by Gasteiger charge is 2.28. The topological polar surface area (TPSA) is 77.2 Å².